The maximum absolute atomic E-state index is 9.64. The van der Waals surface area contributed by atoms with Gasteiger partial charge in [0.15, 0.2) is 6.29 Å². The van der Waals surface area contributed by atoms with Gasteiger partial charge in [-0.05, 0) is 0 Å². The largest absolute Gasteiger partial charge is 0.506 e. The molecule has 15 heavy (non-hydrogen) atoms. The first-order chi connectivity index (χ1) is 6.96. The van der Waals surface area contributed by atoms with Crippen molar-refractivity contribution in [3.8, 4) is 0 Å². The molecule has 2 aliphatic rings. The van der Waals surface area contributed by atoms with Crippen LogP contribution in [0.1, 0.15) is 13.8 Å². The molecule has 0 aromatic carbocycles. The smallest absolute Gasteiger partial charge is 0.388 e. The topological polar surface area (TPSA) is 88.4 Å². The second-order valence-electron chi connectivity index (χ2n) is 4.22. The summed E-state index contributed by atoms with van der Waals surface area (Å²) < 4.78 is 16.2. The van der Waals surface area contributed by atoms with E-state index in [9.17, 15) is 15.3 Å². The van der Waals surface area contributed by atoms with Gasteiger partial charge < -0.3 is 28.6 Å². The summed E-state index contributed by atoms with van der Waals surface area (Å²) in [5.74, 6) is 0. The summed E-state index contributed by atoms with van der Waals surface area (Å²) in [6.07, 6.45) is -4.34. The summed E-state index contributed by atoms with van der Waals surface area (Å²) in [4.78, 5) is 0. The van der Waals surface area contributed by atoms with Gasteiger partial charge in [0.05, 0.1) is 6.61 Å². The van der Waals surface area contributed by atoms with Gasteiger partial charge >= 0.3 is 8.80 Å². The minimum absolute atomic E-state index is 0.0188. The van der Waals surface area contributed by atoms with Crippen LogP contribution in [0.4, 0.5) is 0 Å². The zero-order valence-corrected chi connectivity index (χ0v) is 9.66. The molecule has 0 aromatic heterocycles. The third kappa shape index (κ3) is 1.74. The number of rotatable bonds is 1. The summed E-state index contributed by atoms with van der Waals surface area (Å²) in [5.41, 5.74) is -0.0188. The van der Waals surface area contributed by atoms with Gasteiger partial charge in [0.2, 0.25) is 0 Å². The predicted octanol–water partition coefficient (Wildman–Crippen LogP) is -1.18. The monoisotopic (exact) mass is 236 g/mol. The maximum atomic E-state index is 9.64. The van der Waals surface area contributed by atoms with Crippen LogP contribution in [0, 0.1) is 0 Å². The molecule has 0 amide bonds. The molecular formula is C8H16O6Si. The Bertz CT molecular complexity index is 249. The van der Waals surface area contributed by atoms with Crippen molar-refractivity contribution in [3.05, 3.63) is 0 Å². The van der Waals surface area contributed by atoms with E-state index in [1.807, 2.05) is 13.8 Å². The molecule has 2 saturated heterocycles. The molecule has 0 aliphatic carbocycles. The molecule has 0 saturated carbocycles. The fraction of sp³-hybridized carbons (Fsp3) is 1.00. The van der Waals surface area contributed by atoms with Crippen LogP contribution in [0.3, 0.4) is 0 Å². The van der Waals surface area contributed by atoms with Crippen molar-refractivity contribution in [2.75, 3.05) is 6.61 Å². The van der Waals surface area contributed by atoms with Gasteiger partial charge in [-0.25, -0.2) is 0 Å². The highest BCUT2D eigenvalue weighted by molar-refractivity contribution is 6.62. The summed E-state index contributed by atoms with van der Waals surface area (Å²) >= 11 is 0. The zero-order chi connectivity index (χ0) is 11.2. The van der Waals surface area contributed by atoms with E-state index in [0.717, 1.165) is 0 Å². The van der Waals surface area contributed by atoms with Crippen LogP contribution in [0.15, 0.2) is 0 Å². The number of hydrogen-bond donors (Lipinski definition) is 3. The molecule has 0 radical (unpaired) electrons. The molecule has 2 heterocycles. The van der Waals surface area contributed by atoms with E-state index >= 15 is 0 Å². The van der Waals surface area contributed by atoms with Crippen LogP contribution >= 0.6 is 0 Å². The lowest BCUT2D eigenvalue weighted by Crippen LogP contribution is -2.47. The summed E-state index contributed by atoms with van der Waals surface area (Å²) in [5, 5.41) is 28.7. The van der Waals surface area contributed by atoms with Gasteiger partial charge in [-0.2, -0.15) is 0 Å². The summed E-state index contributed by atoms with van der Waals surface area (Å²) in [6.45, 7) is 3.71. The minimum atomic E-state index is -2.93. The SMILES string of the molecule is CC(C)[Si]12OCC(O)C(O)C(O1)C(O)O2. The number of aliphatic hydroxyl groups is 3. The maximum Gasteiger partial charge on any atom is 0.506 e. The fourth-order valence-corrected chi connectivity index (χ4v) is 4.35. The standard InChI is InChI=1S/C8H16O6Si/c1-4(2)15-12-3-5(9)6(10)7(13-15)8(11)14-15/h4-11H,3H2,1-2H3. The number of aliphatic hydroxyl groups excluding tert-OH is 3. The Balaban J connectivity index is 2.25. The molecule has 2 bridgehead atoms. The van der Waals surface area contributed by atoms with Crippen molar-refractivity contribution in [2.24, 2.45) is 0 Å². The Morgan fingerprint density at radius 2 is 1.87 bits per heavy atom. The lowest BCUT2D eigenvalue weighted by atomic mass is 10.1. The lowest BCUT2D eigenvalue weighted by Gasteiger charge is -2.27. The Labute approximate surface area is 88.8 Å². The van der Waals surface area contributed by atoms with E-state index in [2.05, 4.69) is 0 Å². The molecule has 0 spiro atoms. The van der Waals surface area contributed by atoms with Gasteiger partial charge in [0.1, 0.15) is 18.3 Å². The second kappa shape index (κ2) is 3.77. The molecule has 0 aromatic rings. The first-order valence-electron chi connectivity index (χ1n) is 5.00. The third-order valence-corrected chi connectivity index (χ3v) is 5.91. The first kappa shape index (κ1) is 11.5. The van der Waals surface area contributed by atoms with Gasteiger partial charge in [-0.15, -0.1) is 0 Å². The van der Waals surface area contributed by atoms with E-state index in [0.29, 0.717) is 0 Å². The van der Waals surface area contributed by atoms with E-state index in [4.69, 9.17) is 13.3 Å². The van der Waals surface area contributed by atoms with Crippen molar-refractivity contribution >= 4 is 8.80 Å². The molecule has 3 N–H and O–H groups in total. The molecule has 7 heteroatoms. The van der Waals surface area contributed by atoms with Gasteiger partial charge in [-0.1, -0.05) is 13.8 Å². The molecule has 2 fully saturated rings. The molecular weight excluding hydrogens is 220 g/mol. The van der Waals surface area contributed by atoms with Gasteiger partial charge in [0, 0.05) is 5.54 Å². The highest BCUT2D eigenvalue weighted by Crippen LogP contribution is 2.37. The van der Waals surface area contributed by atoms with Crippen LogP contribution in [0.2, 0.25) is 5.54 Å². The Morgan fingerprint density at radius 1 is 1.20 bits per heavy atom. The van der Waals surface area contributed by atoms with Crippen LogP contribution in [-0.2, 0) is 13.3 Å². The fourth-order valence-electron chi connectivity index (χ4n) is 1.78. The Morgan fingerprint density at radius 3 is 2.47 bits per heavy atom. The van der Waals surface area contributed by atoms with Gasteiger partial charge in [-0.3, -0.25) is 0 Å². The molecule has 5 atom stereocenters. The van der Waals surface area contributed by atoms with E-state index in [1.54, 1.807) is 0 Å². The number of hydrogen-bond acceptors (Lipinski definition) is 6. The molecule has 2 aliphatic heterocycles. The van der Waals surface area contributed by atoms with Crippen molar-refractivity contribution in [1.82, 2.24) is 0 Å². The quantitative estimate of drug-likeness (QED) is 0.497. The summed E-state index contributed by atoms with van der Waals surface area (Å²) in [6, 6.07) is 0. The van der Waals surface area contributed by atoms with E-state index in [1.165, 1.54) is 0 Å². The third-order valence-electron chi connectivity index (χ3n) is 2.76. The predicted molar refractivity (Wildman–Crippen MR) is 50.8 cm³/mol. The Kier molecular flexibility index (Phi) is 2.88. The van der Waals surface area contributed by atoms with Gasteiger partial charge in [0.25, 0.3) is 0 Å². The van der Waals surface area contributed by atoms with E-state index in [-0.39, 0.29) is 12.1 Å². The zero-order valence-electron chi connectivity index (χ0n) is 8.66. The van der Waals surface area contributed by atoms with Crippen molar-refractivity contribution in [1.29, 1.82) is 0 Å². The average molecular weight is 236 g/mol. The summed E-state index contributed by atoms with van der Waals surface area (Å²) in [7, 11) is -2.93. The average Bonchev–Trinajstić information content (AvgIpc) is 2.46. The molecule has 88 valence electrons. The molecule has 5 unspecified atom stereocenters. The Hall–Kier alpha value is -0.0231. The minimum Gasteiger partial charge on any atom is -0.388 e. The normalized spacial score (nSPS) is 50.8. The molecule has 2 rings (SSSR count). The van der Waals surface area contributed by atoms with Crippen molar-refractivity contribution < 1.29 is 28.6 Å². The van der Waals surface area contributed by atoms with Crippen molar-refractivity contribution in [3.63, 3.8) is 0 Å². The van der Waals surface area contributed by atoms with Crippen molar-refractivity contribution in [2.45, 2.75) is 44.0 Å². The molecule has 6 nitrogen and oxygen atoms in total. The van der Waals surface area contributed by atoms with Crippen LogP contribution in [-0.4, -0.2) is 55.3 Å². The highest BCUT2D eigenvalue weighted by atomic mass is 28.4. The van der Waals surface area contributed by atoms with E-state index < -0.39 is 33.4 Å². The second-order valence-corrected chi connectivity index (χ2v) is 7.34. The van der Waals surface area contributed by atoms with Crippen LogP contribution < -0.4 is 0 Å². The van der Waals surface area contributed by atoms with Crippen LogP contribution in [0.5, 0.6) is 0 Å². The van der Waals surface area contributed by atoms with Crippen LogP contribution in [0.25, 0.3) is 0 Å². The number of fused-ring (bicyclic) bond motifs is 2. The first-order valence-corrected chi connectivity index (χ1v) is 6.80. The lowest BCUT2D eigenvalue weighted by molar-refractivity contribution is -0.125. The highest BCUT2D eigenvalue weighted by Gasteiger charge is 2.60.